The van der Waals surface area contributed by atoms with Crippen LogP contribution in [0.1, 0.15) is 37.8 Å². The van der Waals surface area contributed by atoms with E-state index in [0.717, 1.165) is 31.5 Å². The van der Waals surface area contributed by atoms with Crippen molar-refractivity contribution < 1.29 is 4.92 Å². The fourth-order valence-electron chi connectivity index (χ4n) is 2.63. The van der Waals surface area contributed by atoms with Crippen molar-refractivity contribution in [3.05, 3.63) is 52.1 Å². The molecule has 106 valence electrons. The Hall–Kier alpha value is -1.26. The molecule has 1 fully saturated rings. The maximum atomic E-state index is 11.1. The third-order valence-corrected chi connectivity index (χ3v) is 3.55. The minimum absolute atomic E-state index is 0. The Kier molecular flexibility index (Phi) is 6.12. The molecule has 0 saturated carbocycles. The fraction of sp³-hybridized carbons (Fsp3) is 0.500. The topological polar surface area (TPSA) is 46.4 Å². The first-order chi connectivity index (χ1) is 8.70. The van der Waals surface area contributed by atoms with Crippen molar-refractivity contribution in [1.82, 2.24) is 4.90 Å². The summed E-state index contributed by atoms with van der Waals surface area (Å²) in [5.74, 6) is 0. The maximum absolute atomic E-state index is 11.1. The van der Waals surface area contributed by atoms with Crippen LogP contribution in [0.15, 0.2) is 30.3 Å². The van der Waals surface area contributed by atoms with Crippen LogP contribution in [0.4, 0.5) is 0 Å². The highest BCUT2D eigenvalue weighted by Gasteiger charge is 2.24. The lowest BCUT2D eigenvalue weighted by Gasteiger charge is -2.41. The molecule has 1 aromatic rings. The molecule has 1 aromatic carbocycles. The Morgan fingerprint density at radius 3 is 2.32 bits per heavy atom. The van der Waals surface area contributed by atoms with Crippen LogP contribution in [0.2, 0.25) is 0 Å². The van der Waals surface area contributed by atoms with E-state index in [1.807, 2.05) is 30.3 Å². The summed E-state index contributed by atoms with van der Waals surface area (Å²) in [6, 6.07) is 9.93. The normalized spacial score (nSPS) is 17.3. The molecule has 4 nitrogen and oxygen atoms in total. The Balaban J connectivity index is 0.00000180. The van der Waals surface area contributed by atoms with Gasteiger partial charge in [-0.15, -0.1) is 24.3 Å². The van der Waals surface area contributed by atoms with Gasteiger partial charge in [-0.05, 0) is 38.0 Å². The summed E-state index contributed by atoms with van der Waals surface area (Å²) in [4.78, 5) is 13.1. The van der Waals surface area contributed by atoms with E-state index < -0.39 is 0 Å². The monoisotopic (exact) mass is 283 g/mol. The van der Waals surface area contributed by atoms with Crippen LogP contribution in [0.25, 0.3) is 0 Å². The predicted octanol–water partition coefficient (Wildman–Crippen LogP) is 3.46. The average Bonchev–Trinajstić information content (AvgIpc) is 2.41. The Labute approximate surface area is 120 Å². The van der Waals surface area contributed by atoms with E-state index in [0.29, 0.717) is 6.04 Å². The average molecular weight is 284 g/mol. The van der Waals surface area contributed by atoms with E-state index in [2.05, 4.69) is 4.90 Å². The molecular weight excluding hydrogens is 264 g/mol. The first-order valence-corrected chi connectivity index (χ1v) is 6.47. The first kappa shape index (κ1) is 15.8. The van der Waals surface area contributed by atoms with Crippen molar-refractivity contribution in [1.29, 1.82) is 0 Å². The zero-order valence-corrected chi connectivity index (χ0v) is 11.9. The van der Waals surface area contributed by atoms with Crippen LogP contribution >= 0.6 is 12.4 Å². The van der Waals surface area contributed by atoms with Gasteiger partial charge in [-0.25, -0.2) is 0 Å². The van der Waals surface area contributed by atoms with Crippen molar-refractivity contribution in [2.24, 2.45) is 0 Å². The number of likely N-dealkylation sites (tertiary alicyclic amines) is 1. The van der Waals surface area contributed by atoms with Crippen molar-refractivity contribution in [2.75, 3.05) is 13.1 Å². The van der Waals surface area contributed by atoms with Crippen molar-refractivity contribution >= 4 is 12.4 Å². The Morgan fingerprint density at radius 1 is 1.21 bits per heavy atom. The van der Waals surface area contributed by atoms with Gasteiger partial charge in [0.25, 0.3) is 0 Å². The molecule has 1 saturated heterocycles. The highest BCUT2D eigenvalue weighted by atomic mass is 35.5. The summed E-state index contributed by atoms with van der Waals surface area (Å²) in [6.07, 6.45) is 3.50. The number of hydrogen-bond acceptors (Lipinski definition) is 3. The lowest BCUT2D eigenvalue weighted by atomic mass is 9.96. The number of nitro groups is 1. The third kappa shape index (κ3) is 3.85. The molecule has 1 unspecified atom stereocenters. The number of piperidine rings is 1. The molecule has 0 aromatic heterocycles. The van der Waals surface area contributed by atoms with Gasteiger partial charge in [0.05, 0.1) is 0 Å². The lowest BCUT2D eigenvalue weighted by Crippen LogP contribution is -2.38. The van der Waals surface area contributed by atoms with E-state index in [4.69, 9.17) is 0 Å². The van der Waals surface area contributed by atoms with Crippen molar-refractivity contribution in [3.63, 3.8) is 0 Å². The van der Waals surface area contributed by atoms with E-state index in [1.54, 1.807) is 6.92 Å². The second kappa shape index (κ2) is 7.36. The van der Waals surface area contributed by atoms with Gasteiger partial charge in [0.1, 0.15) is 0 Å². The number of halogens is 1. The smallest absolute Gasteiger partial charge is 0.00364 e. The lowest BCUT2D eigenvalue weighted by molar-refractivity contribution is -0.473. The van der Waals surface area contributed by atoms with Crippen LogP contribution in [0.3, 0.4) is 0 Å². The minimum Gasteiger partial charge on any atom is -0.317 e. The molecule has 1 aliphatic rings. The fourth-order valence-corrected chi connectivity index (χ4v) is 2.63. The second-order valence-corrected chi connectivity index (χ2v) is 4.81. The molecule has 0 amide bonds. The van der Waals surface area contributed by atoms with Crippen LogP contribution in [0.5, 0.6) is 0 Å². The second-order valence-electron chi connectivity index (χ2n) is 4.81. The van der Waals surface area contributed by atoms with E-state index in [-0.39, 0.29) is 23.4 Å². The third-order valence-electron chi connectivity index (χ3n) is 3.55. The SMILES string of the molecule is C[C-](C(c1ccccc1)N1CCCCC1)[N+](=O)[O-].Cl. The van der Waals surface area contributed by atoms with Gasteiger partial charge in [-0.1, -0.05) is 42.3 Å². The first-order valence-electron chi connectivity index (χ1n) is 6.47. The van der Waals surface area contributed by atoms with Gasteiger partial charge in [-0.3, -0.25) is 10.1 Å². The largest absolute Gasteiger partial charge is 0.317 e. The van der Waals surface area contributed by atoms with Gasteiger partial charge in [-0.2, -0.15) is 0 Å². The molecule has 0 radical (unpaired) electrons. The number of nitrogens with zero attached hydrogens (tertiary/aromatic N) is 2. The molecule has 5 heteroatoms. The van der Waals surface area contributed by atoms with E-state index in [9.17, 15) is 10.1 Å². The minimum atomic E-state index is -0.244. The summed E-state index contributed by atoms with van der Waals surface area (Å²) < 4.78 is 0. The van der Waals surface area contributed by atoms with Gasteiger partial charge >= 0.3 is 0 Å². The number of hydrogen-bond donors (Lipinski definition) is 0. The zero-order valence-electron chi connectivity index (χ0n) is 11.1. The van der Waals surface area contributed by atoms with Crippen molar-refractivity contribution in [2.45, 2.75) is 32.2 Å². The predicted molar refractivity (Wildman–Crippen MR) is 77.8 cm³/mol. The van der Waals surface area contributed by atoms with Gasteiger partial charge in [0.15, 0.2) is 0 Å². The number of benzene rings is 1. The Morgan fingerprint density at radius 2 is 1.79 bits per heavy atom. The molecular formula is C14H20ClN2O2-. The molecule has 0 aliphatic carbocycles. The Bertz CT molecular complexity index is 394. The summed E-state index contributed by atoms with van der Waals surface area (Å²) >= 11 is 0. The number of rotatable bonds is 4. The quantitative estimate of drug-likeness (QED) is 0.483. The molecule has 0 bridgehead atoms. The molecule has 2 rings (SSSR count). The van der Waals surface area contributed by atoms with Crippen LogP contribution in [0, 0.1) is 16.2 Å². The van der Waals surface area contributed by atoms with Gasteiger partial charge in [0, 0.05) is 0 Å². The molecule has 0 N–H and O–H groups in total. The van der Waals surface area contributed by atoms with Gasteiger partial charge < -0.3 is 4.90 Å². The van der Waals surface area contributed by atoms with Crippen molar-refractivity contribution in [3.8, 4) is 0 Å². The molecule has 19 heavy (non-hydrogen) atoms. The molecule has 1 atom stereocenters. The molecule has 0 spiro atoms. The maximum Gasteiger partial charge on any atom is -0.00364 e. The highest BCUT2D eigenvalue weighted by molar-refractivity contribution is 5.85. The van der Waals surface area contributed by atoms with E-state index >= 15 is 0 Å². The van der Waals surface area contributed by atoms with Crippen LogP contribution in [-0.4, -0.2) is 22.9 Å². The summed E-state index contributed by atoms with van der Waals surface area (Å²) in [5, 5.41) is 11.1. The zero-order chi connectivity index (χ0) is 13.0. The highest BCUT2D eigenvalue weighted by Crippen LogP contribution is 2.32. The molecule has 1 aliphatic heterocycles. The van der Waals surface area contributed by atoms with Crippen LogP contribution < -0.4 is 0 Å². The summed E-state index contributed by atoms with van der Waals surface area (Å²) in [6.45, 7) is 3.53. The van der Waals surface area contributed by atoms with Gasteiger partial charge in [0.2, 0.25) is 0 Å². The molecule has 1 heterocycles. The van der Waals surface area contributed by atoms with E-state index in [1.165, 1.54) is 6.42 Å². The summed E-state index contributed by atoms with van der Waals surface area (Å²) in [7, 11) is 0. The summed E-state index contributed by atoms with van der Waals surface area (Å²) in [5.41, 5.74) is 1.02. The van der Waals surface area contributed by atoms with Crippen LogP contribution in [-0.2, 0) is 0 Å². The standard InChI is InChI=1S/C14H19N2O2.ClH/c1-12(16(17)18)14(13-8-4-2-5-9-13)15-10-6-3-7-11-15;/h2,4-5,8-9,14H,3,6-7,10-11H2,1H3;1H/q-1;.